The fourth-order valence-corrected chi connectivity index (χ4v) is 2.35. The zero-order valence-corrected chi connectivity index (χ0v) is 7.79. The molecule has 0 spiro atoms. The lowest BCUT2D eigenvalue weighted by atomic mass is 9.61. The van der Waals surface area contributed by atoms with E-state index in [9.17, 15) is 9.90 Å². The Morgan fingerprint density at radius 1 is 1.38 bits per heavy atom. The first-order chi connectivity index (χ1) is 6.24. The molecule has 13 heavy (non-hydrogen) atoms. The van der Waals surface area contributed by atoms with Crippen LogP contribution in [0.5, 0.6) is 0 Å². The van der Waals surface area contributed by atoms with Gasteiger partial charge in [-0.2, -0.15) is 0 Å². The molecule has 1 aliphatic carbocycles. The molecule has 0 atom stereocenters. The van der Waals surface area contributed by atoms with Crippen molar-refractivity contribution in [1.29, 1.82) is 0 Å². The molecule has 0 aromatic carbocycles. The third-order valence-electron chi connectivity index (χ3n) is 3.48. The Labute approximate surface area is 78.1 Å². The van der Waals surface area contributed by atoms with Crippen molar-refractivity contribution >= 4 is 6.29 Å². The van der Waals surface area contributed by atoms with E-state index in [2.05, 4.69) is 0 Å². The summed E-state index contributed by atoms with van der Waals surface area (Å²) in [5.41, 5.74) is -0.214. The zero-order valence-electron chi connectivity index (χ0n) is 7.79. The van der Waals surface area contributed by atoms with Crippen LogP contribution in [-0.2, 0) is 9.53 Å². The Morgan fingerprint density at radius 3 is 2.31 bits per heavy atom. The normalized spacial score (nSPS) is 28.7. The van der Waals surface area contributed by atoms with Gasteiger partial charge in [0.2, 0.25) is 0 Å². The van der Waals surface area contributed by atoms with Gasteiger partial charge in [-0.15, -0.1) is 0 Å². The average molecular weight is 184 g/mol. The van der Waals surface area contributed by atoms with E-state index in [0.29, 0.717) is 13.2 Å². The Balaban J connectivity index is 1.98. The van der Waals surface area contributed by atoms with Crippen LogP contribution in [-0.4, -0.2) is 31.2 Å². The van der Waals surface area contributed by atoms with Gasteiger partial charge >= 0.3 is 0 Å². The first kappa shape index (κ1) is 9.16. The summed E-state index contributed by atoms with van der Waals surface area (Å²) in [5, 5.41) is 9.22. The van der Waals surface area contributed by atoms with Crippen molar-refractivity contribution < 1.29 is 14.6 Å². The molecule has 1 aliphatic heterocycles. The summed E-state index contributed by atoms with van der Waals surface area (Å²) < 4.78 is 5.11. The molecule has 1 heterocycles. The highest BCUT2D eigenvalue weighted by atomic mass is 16.5. The number of hydrogen-bond donors (Lipinski definition) is 1. The number of carbonyl (C=O) groups excluding carboxylic acids is 1. The van der Waals surface area contributed by atoms with Gasteiger partial charge in [0.05, 0.1) is 19.8 Å². The molecule has 0 amide bonds. The second-order valence-electron chi connectivity index (χ2n) is 4.66. The smallest absolute Gasteiger partial charge is 0.126 e. The van der Waals surface area contributed by atoms with Crippen molar-refractivity contribution in [2.75, 3.05) is 19.8 Å². The second kappa shape index (κ2) is 3.07. The highest BCUT2D eigenvalue weighted by Gasteiger charge is 2.48. The molecule has 0 bridgehead atoms. The summed E-state index contributed by atoms with van der Waals surface area (Å²) in [6.07, 6.45) is 5.06. The molecule has 3 nitrogen and oxygen atoms in total. The molecule has 2 rings (SSSR count). The van der Waals surface area contributed by atoms with Crippen molar-refractivity contribution in [3.63, 3.8) is 0 Å². The van der Waals surface area contributed by atoms with Gasteiger partial charge in [0, 0.05) is 10.8 Å². The fraction of sp³-hybridized carbons (Fsp3) is 0.900. The lowest BCUT2D eigenvalue weighted by molar-refractivity contribution is -0.166. The van der Waals surface area contributed by atoms with Gasteiger partial charge in [0.1, 0.15) is 6.29 Å². The first-order valence-electron chi connectivity index (χ1n) is 4.89. The molecular formula is C10H16O3. The molecule has 2 fully saturated rings. The summed E-state index contributed by atoms with van der Waals surface area (Å²) in [6.45, 7) is 1.40. The van der Waals surface area contributed by atoms with E-state index in [1.807, 2.05) is 0 Å². The minimum Gasteiger partial charge on any atom is -0.396 e. The minimum atomic E-state index is -0.119. The highest BCUT2D eigenvalue weighted by molar-refractivity contribution is 5.61. The van der Waals surface area contributed by atoms with Crippen LogP contribution in [0.25, 0.3) is 0 Å². The van der Waals surface area contributed by atoms with Gasteiger partial charge in [0.15, 0.2) is 0 Å². The van der Waals surface area contributed by atoms with Crippen LogP contribution >= 0.6 is 0 Å². The zero-order chi connectivity index (χ0) is 9.36. The predicted octanol–water partition coefficient (Wildman–Crippen LogP) is 0.755. The van der Waals surface area contributed by atoms with Crippen LogP contribution in [0.2, 0.25) is 0 Å². The summed E-state index contributed by atoms with van der Waals surface area (Å²) in [7, 11) is 0. The van der Waals surface area contributed by atoms with E-state index in [-0.39, 0.29) is 17.4 Å². The maximum Gasteiger partial charge on any atom is 0.126 e. The number of aldehydes is 1. The molecule has 1 saturated carbocycles. The summed E-state index contributed by atoms with van der Waals surface area (Å²) >= 11 is 0. The molecule has 0 unspecified atom stereocenters. The van der Waals surface area contributed by atoms with Crippen LogP contribution < -0.4 is 0 Å². The lowest BCUT2D eigenvalue weighted by Gasteiger charge is -2.48. The van der Waals surface area contributed by atoms with E-state index in [4.69, 9.17) is 4.74 Å². The van der Waals surface area contributed by atoms with Crippen LogP contribution in [0, 0.1) is 10.8 Å². The van der Waals surface area contributed by atoms with Crippen molar-refractivity contribution in [2.45, 2.75) is 25.7 Å². The van der Waals surface area contributed by atoms with Crippen LogP contribution in [0.3, 0.4) is 0 Å². The molecule has 0 radical (unpaired) electrons. The number of hydrogen-bond acceptors (Lipinski definition) is 3. The molecule has 0 aromatic heterocycles. The standard InChI is InChI=1S/C10H16O3/c11-5-9(2-1-3-9)4-10(6-12)7-13-8-10/h5,12H,1-4,6-8H2. The van der Waals surface area contributed by atoms with Crippen molar-refractivity contribution in [3.8, 4) is 0 Å². The van der Waals surface area contributed by atoms with Crippen LogP contribution in [0.4, 0.5) is 0 Å². The van der Waals surface area contributed by atoms with E-state index in [0.717, 1.165) is 32.0 Å². The predicted molar refractivity (Wildman–Crippen MR) is 47.3 cm³/mol. The quantitative estimate of drug-likeness (QED) is 0.656. The fourth-order valence-electron chi connectivity index (χ4n) is 2.35. The summed E-state index contributed by atoms with van der Waals surface area (Å²) in [4.78, 5) is 10.9. The van der Waals surface area contributed by atoms with Crippen LogP contribution in [0.15, 0.2) is 0 Å². The summed E-state index contributed by atoms with van der Waals surface area (Å²) in [6, 6.07) is 0. The molecule has 0 aromatic rings. The van der Waals surface area contributed by atoms with Gasteiger partial charge in [-0.1, -0.05) is 6.42 Å². The third-order valence-corrected chi connectivity index (χ3v) is 3.48. The molecular weight excluding hydrogens is 168 g/mol. The van der Waals surface area contributed by atoms with E-state index in [1.165, 1.54) is 0 Å². The summed E-state index contributed by atoms with van der Waals surface area (Å²) in [5.74, 6) is 0. The van der Waals surface area contributed by atoms with E-state index >= 15 is 0 Å². The highest BCUT2D eigenvalue weighted by Crippen LogP contribution is 2.49. The van der Waals surface area contributed by atoms with E-state index < -0.39 is 0 Å². The van der Waals surface area contributed by atoms with Crippen molar-refractivity contribution in [3.05, 3.63) is 0 Å². The maximum atomic E-state index is 10.9. The Hall–Kier alpha value is -0.410. The average Bonchev–Trinajstić information content (AvgIpc) is 2.02. The SMILES string of the molecule is O=CC1(CC2(CO)COC2)CCC1. The van der Waals surface area contributed by atoms with Gasteiger partial charge < -0.3 is 14.6 Å². The molecule has 3 heteroatoms. The van der Waals surface area contributed by atoms with Gasteiger partial charge in [-0.05, 0) is 19.3 Å². The Morgan fingerprint density at radius 2 is 2.08 bits per heavy atom. The third kappa shape index (κ3) is 1.40. The molecule has 74 valence electrons. The van der Waals surface area contributed by atoms with Crippen molar-refractivity contribution in [2.24, 2.45) is 10.8 Å². The Kier molecular flexibility index (Phi) is 2.16. The lowest BCUT2D eigenvalue weighted by Crippen LogP contribution is -2.51. The number of ether oxygens (including phenoxy) is 1. The maximum absolute atomic E-state index is 10.9. The number of rotatable bonds is 4. The molecule has 1 N–H and O–H groups in total. The number of carbonyl (C=O) groups is 1. The van der Waals surface area contributed by atoms with Gasteiger partial charge in [0.25, 0.3) is 0 Å². The van der Waals surface area contributed by atoms with Gasteiger partial charge in [-0.3, -0.25) is 0 Å². The number of aliphatic hydroxyl groups is 1. The minimum absolute atomic E-state index is 0.0959. The topological polar surface area (TPSA) is 46.5 Å². The number of aliphatic hydroxyl groups excluding tert-OH is 1. The second-order valence-corrected chi connectivity index (χ2v) is 4.66. The largest absolute Gasteiger partial charge is 0.396 e. The first-order valence-corrected chi connectivity index (χ1v) is 4.89. The van der Waals surface area contributed by atoms with Gasteiger partial charge in [-0.25, -0.2) is 0 Å². The molecule has 2 aliphatic rings. The van der Waals surface area contributed by atoms with E-state index in [1.54, 1.807) is 0 Å². The Bertz CT molecular complexity index is 199. The van der Waals surface area contributed by atoms with Crippen molar-refractivity contribution in [1.82, 2.24) is 0 Å². The monoisotopic (exact) mass is 184 g/mol. The molecule has 1 saturated heterocycles. The van der Waals surface area contributed by atoms with Crippen LogP contribution in [0.1, 0.15) is 25.7 Å².